The molecule has 0 spiro atoms. The fourth-order valence-corrected chi connectivity index (χ4v) is 3.60. The first kappa shape index (κ1) is 11.0. The summed E-state index contributed by atoms with van der Waals surface area (Å²) in [6.45, 7) is 0. The maximum Gasteiger partial charge on any atom is 0.0486 e. The smallest absolute Gasteiger partial charge is 0.0486 e. The van der Waals surface area contributed by atoms with E-state index in [1.54, 1.807) is 0 Å². The number of fused-ring (bicyclic) bond motifs is 2. The quantitative estimate of drug-likeness (QED) is 0.837. The van der Waals surface area contributed by atoms with E-state index < -0.39 is 0 Å². The van der Waals surface area contributed by atoms with Crippen molar-refractivity contribution in [3.05, 3.63) is 59.4 Å². The third-order valence-corrected chi connectivity index (χ3v) is 4.57. The number of hydrogen-bond acceptors (Lipinski definition) is 2. The summed E-state index contributed by atoms with van der Waals surface area (Å²) in [5.41, 5.74) is 5.56. The molecule has 0 bridgehead atoms. The predicted octanol–water partition coefficient (Wildman–Crippen LogP) is 3.54. The van der Waals surface area contributed by atoms with E-state index in [4.69, 9.17) is 0 Å². The summed E-state index contributed by atoms with van der Waals surface area (Å²) in [6.07, 6.45) is 6.78. The summed E-state index contributed by atoms with van der Waals surface area (Å²) in [4.78, 5) is 4.63. The van der Waals surface area contributed by atoms with Gasteiger partial charge in [-0.05, 0) is 48.9 Å². The van der Waals surface area contributed by atoms with Crippen LogP contribution in [0, 0.1) is 0 Å². The van der Waals surface area contributed by atoms with E-state index in [1.807, 2.05) is 6.20 Å². The Balaban J connectivity index is 1.63. The van der Waals surface area contributed by atoms with Crippen LogP contribution in [0.5, 0.6) is 0 Å². The normalized spacial score (nSPS) is 24.4. The molecule has 0 amide bonds. The summed E-state index contributed by atoms with van der Waals surface area (Å²) in [6, 6.07) is 13.5. The number of nitrogens with one attached hydrogen (secondary N) is 1. The predicted molar refractivity (Wildman–Crippen MR) is 77.5 cm³/mol. The summed E-state index contributed by atoms with van der Waals surface area (Å²) >= 11 is 0. The molecule has 2 heterocycles. The highest BCUT2D eigenvalue weighted by Gasteiger charge is 2.32. The van der Waals surface area contributed by atoms with Crippen LogP contribution in [-0.2, 0) is 12.8 Å². The molecule has 4 rings (SSSR count). The van der Waals surface area contributed by atoms with E-state index in [0.29, 0.717) is 12.0 Å². The topological polar surface area (TPSA) is 24.9 Å². The fourth-order valence-electron chi connectivity index (χ4n) is 3.60. The van der Waals surface area contributed by atoms with Gasteiger partial charge in [0.15, 0.2) is 0 Å². The number of aromatic nitrogens is 1. The molecule has 1 aliphatic carbocycles. The molecule has 19 heavy (non-hydrogen) atoms. The van der Waals surface area contributed by atoms with E-state index >= 15 is 0 Å². The van der Waals surface area contributed by atoms with Crippen LogP contribution >= 0.6 is 0 Å². The molecule has 0 saturated carbocycles. The molecule has 2 nitrogen and oxygen atoms in total. The Morgan fingerprint density at radius 2 is 1.79 bits per heavy atom. The minimum atomic E-state index is 0.547. The van der Waals surface area contributed by atoms with Gasteiger partial charge in [0.2, 0.25) is 0 Å². The minimum Gasteiger partial charge on any atom is -0.381 e. The van der Waals surface area contributed by atoms with E-state index in [0.717, 1.165) is 0 Å². The molecule has 1 aromatic carbocycles. The van der Waals surface area contributed by atoms with Gasteiger partial charge in [-0.25, -0.2) is 0 Å². The van der Waals surface area contributed by atoms with Crippen molar-refractivity contribution in [2.24, 2.45) is 0 Å². The fraction of sp³-hybridized carbons (Fsp3) is 0.353. The lowest BCUT2D eigenvalue weighted by Crippen LogP contribution is -2.31. The van der Waals surface area contributed by atoms with Crippen molar-refractivity contribution in [2.75, 3.05) is 5.32 Å². The average Bonchev–Trinajstić information content (AvgIpc) is 2.91. The SMILES string of the molecule is c1ccc2c(c1)CCC(C1CCc3cccnc31)N2. The Labute approximate surface area is 113 Å². The van der Waals surface area contributed by atoms with Gasteiger partial charge in [-0.2, -0.15) is 0 Å². The average molecular weight is 250 g/mol. The van der Waals surface area contributed by atoms with Gasteiger partial charge in [0.25, 0.3) is 0 Å². The van der Waals surface area contributed by atoms with Crippen LogP contribution in [0.2, 0.25) is 0 Å². The number of rotatable bonds is 1. The molecule has 1 aliphatic heterocycles. The lowest BCUT2D eigenvalue weighted by molar-refractivity contribution is 0.507. The molecule has 2 atom stereocenters. The van der Waals surface area contributed by atoms with Crippen LogP contribution in [-0.4, -0.2) is 11.0 Å². The Kier molecular flexibility index (Phi) is 2.54. The van der Waals surface area contributed by atoms with Crippen molar-refractivity contribution in [3.8, 4) is 0 Å². The second-order valence-electron chi connectivity index (χ2n) is 5.64. The molecule has 2 aliphatic rings. The van der Waals surface area contributed by atoms with Gasteiger partial charge in [-0.1, -0.05) is 24.3 Å². The minimum absolute atomic E-state index is 0.547. The van der Waals surface area contributed by atoms with Crippen LogP contribution in [0.4, 0.5) is 5.69 Å². The first-order valence-electron chi connectivity index (χ1n) is 7.20. The first-order chi connectivity index (χ1) is 9.42. The highest BCUT2D eigenvalue weighted by Crippen LogP contribution is 2.38. The third-order valence-electron chi connectivity index (χ3n) is 4.57. The zero-order valence-corrected chi connectivity index (χ0v) is 11.0. The molecule has 1 N–H and O–H groups in total. The summed E-state index contributed by atoms with van der Waals surface area (Å²) < 4.78 is 0. The molecule has 1 aromatic heterocycles. The van der Waals surface area contributed by atoms with E-state index in [-0.39, 0.29) is 0 Å². The number of hydrogen-bond donors (Lipinski definition) is 1. The van der Waals surface area contributed by atoms with Crippen molar-refractivity contribution in [2.45, 2.75) is 37.6 Å². The van der Waals surface area contributed by atoms with E-state index in [1.165, 1.54) is 48.2 Å². The van der Waals surface area contributed by atoms with Crippen molar-refractivity contribution in [3.63, 3.8) is 0 Å². The van der Waals surface area contributed by atoms with Gasteiger partial charge in [-0.15, -0.1) is 0 Å². The third kappa shape index (κ3) is 1.83. The largest absolute Gasteiger partial charge is 0.381 e. The monoisotopic (exact) mass is 250 g/mol. The van der Waals surface area contributed by atoms with Crippen LogP contribution in [0.3, 0.4) is 0 Å². The summed E-state index contributed by atoms with van der Waals surface area (Å²) in [7, 11) is 0. The van der Waals surface area contributed by atoms with Gasteiger partial charge in [-0.3, -0.25) is 4.98 Å². The zero-order valence-electron chi connectivity index (χ0n) is 11.0. The second kappa shape index (κ2) is 4.37. The van der Waals surface area contributed by atoms with Crippen LogP contribution in [0.15, 0.2) is 42.6 Å². The van der Waals surface area contributed by atoms with Crippen LogP contribution in [0.25, 0.3) is 0 Å². The summed E-state index contributed by atoms with van der Waals surface area (Å²) in [5, 5.41) is 3.74. The molecule has 2 aromatic rings. The molecule has 96 valence electrons. The highest BCUT2D eigenvalue weighted by molar-refractivity contribution is 5.54. The second-order valence-corrected chi connectivity index (χ2v) is 5.64. The van der Waals surface area contributed by atoms with Crippen LogP contribution < -0.4 is 5.32 Å². The van der Waals surface area contributed by atoms with Crippen molar-refractivity contribution in [1.29, 1.82) is 0 Å². The lowest BCUT2D eigenvalue weighted by atomic mass is 9.88. The number of nitrogens with zero attached hydrogens (tertiary/aromatic N) is 1. The molecule has 0 fully saturated rings. The summed E-state index contributed by atoms with van der Waals surface area (Å²) in [5.74, 6) is 0.588. The van der Waals surface area contributed by atoms with Crippen molar-refractivity contribution >= 4 is 5.69 Å². The lowest BCUT2D eigenvalue weighted by Gasteiger charge is -2.31. The highest BCUT2D eigenvalue weighted by atomic mass is 14.9. The zero-order chi connectivity index (χ0) is 12.7. The standard InChI is InChI=1S/C17H18N2/c1-2-6-15-12(4-1)8-10-16(19-15)14-9-7-13-5-3-11-18-17(13)14/h1-6,11,14,16,19H,7-10H2. The van der Waals surface area contributed by atoms with Gasteiger partial charge >= 0.3 is 0 Å². The first-order valence-corrected chi connectivity index (χ1v) is 7.20. The van der Waals surface area contributed by atoms with Gasteiger partial charge in [0.05, 0.1) is 0 Å². The van der Waals surface area contributed by atoms with E-state index in [2.05, 4.69) is 46.7 Å². The molecule has 2 heteroatoms. The molecular formula is C17H18N2. The molecule has 2 unspecified atom stereocenters. The molecule has 0 saturated heterocycles. The Bertz CT molecular complexity index is 606. The maximum absolute atomic E-state index is 4.63. The number of anilines is 1. The number of para-hydroxylation sites is 1. The van der Waals surface area contributed by atoms with Crippen molar-refractivity contribution < 1.29 is 0 Å². The van der Waals surface area contributed by atoms with E-state index in [9.17, 15) is 0 Å². The molecular weight excluding hydrogens is 232 g/mol. The van der Waals surface area contributed by atoms with Gasteiger partial charge in [0.1, 0.15) is 0 Å². The van der Waals surface area contributed by atoms with Crippen LogP contribution in [0.1, 0.15) is 35.6 Å². The Morgan fingerprint density at radius 3 is 2.79 bits per heavy atom. The number of aryl methyl sites for hydroxylation is 2. The number of benzene rings is 1. The Morgan fingerprint density at radius 1 is 0.947 bits per heavy atom. The Hall–Kier alpha value is -1.83. The van der Waals surface area contributed by atoms with Gasteiger partial charge < -0.3 is 5.32 Å². The maximum atomic E-state index is 4.63. The molecule has 0 radical (unpaired) electrons. The van der Waals surface area contributed by atoms with Crippen molar-refractivity contribution in [1.82, 2.24) is 4.98 Å². The van der Waals surface area contributed by atoms with Gasteiger partial charge in [0, 0.05) is 29.5 Å². The number of pyridine rings is 1.